The lowest BCUT2D eigenvalue weighted by molar-refractivity contribution is 0.425. The number of aromatic nitrogens is 2. The first-order valence-electron chi connectivity index (χ1n) is 6.98. The van der Waals surface area contributed by atoms with Crippen LogP contribution in [0.4, 0.5) is 11.8 Å². The van der Waals surface area contributed by atoms with Gasteiger partial charge in [-0.25, -0.2) is 4.98 Å². The summed E-state index contributed by atoms with van der Waals surface area (Å²) in [6.07, 6.45) is 2.38. The molecule has 0 fully saturated rings. The molecule has 1 aromatic heterocycles. The summed E-state index contributed by atoms with van der Waals surface area (Å²) in [5.41, 5.74) is 1.00. The number of rotatable bonds is 8. The van der Waals surface area contributed by atoms with Gasteiger partial charge in [0.25, 0.3) is 0 Å². The fourth-order valence-electron chi connectivity index (χ4n) is 1.73. The molecule has 19 heavy (non-hydrogen) atoms. The molecule has 0 radical (unpaired) electrons. The lowest BCUT2D eigenvalue weighted by atomic mass is 10.3. The van der Waals surface area contributed by atoms with E-state index >= 15 is 0 Å². The molecule has 0 amide bonds. The first-order valence-corrected chi connectivity index (χ1v) is 6.98. The smallest absolute Gasteiger partial charge is 0.224 e. The summed E-state index contributed by atoms with van der Waals surface area (Å²) in [5, 5.41) is 3.28. The number of hydrogen-bond acceptors (Lipinski definition) is 5. The lowest BCUT2D eigenvalue weighted by Gasteiger charge is -2.19. The summed E-state index contributed by atoms with van der Waals surface area (Å²) in [6, 6.07) is 2.03. The average molecular weight is 265 g/mol. The van der Waals surface area contributed by atoms with E-state index in [4.69, 9.17) is 0 Å². The second-order valence-electron chi connectivity index (χ2n) is 5.20. The number of nitrogens with zero attached hydrogens (tertiary/aromatic N) is 4. The third-order valence-electron chi connectivity index (χ3n) is 2.92. The molecule has 0 spiro atoms. The monoisotopic (exact) mass is 265 g/mol. The summed E-state index contributed by atoms with van der Waals surface area (Å²) in [4.78, 5) is 13.3. The molecule has 5 nitrogen and oxygen atoms in total. The Hall–Kier alpha value is -1.36. The highest BCUT2D eigenvalue weighted by molar-refractivity contribution is 5.44. The Kier molecular flexibility index (Phi) is 6.56. The molecular weight excluding hydrogens is 238 g/mol. The van der Waals surface area contributed by atoms with Crippen molar-refractivity contribution in [3.8, 4) is 0 Å². The van der Waals surface area contributed by atoms with Gasteiger partial charge in [0.2, 0.25) is 5.95 Å². The molecular formula is C14H27N5. The summed E-state index contributed by atoms with van der Waals surface area (Å²) >= 11 is 0. The zero-order chi connectivity index (χ0) is 14.3. The summed E-state index contributed by atoms with van der Waals surface area (Å²) in [6.45, 7) is 7.07. The third-order valence-corrected chi connectivity index (χ3v) is 2.92. The van der Waals surface area contributed by atoms with Crippen molar-refractivity contribution in [2.45, 2.75) is 26.7 Å². The molecule has 108 valence electrons. The van der Waals surface area contributed by atoms with Gasteiger partial charge in [-0.05, 0) is 27.4 Å². The van der Waals surface area contributed by atoms with E-state index in [0.717, 1.165) is 37.1 Å². The summed E-state index contributed by atoms with van der Waals surface area (Å²) in [7, 11) is 6.20. The Morgan fingerprint density at radius 1 is 1.16 bits per heavy atom. The Labute approximate surface area is 117 Å². The van der Waals surface area contributed by atoms with Crippen molar-refractivity contribution in [2.24, 2.45) is 0 Å². The van der Waals surface area contributed by atoms with Crippen molar-refractivity contribution >= 4 is 11.8 Å². The van der Waals surface area contributed by atoms with Crippen LogP contribution in [0.1, 0.15) is 25.5 Å². The summed E-state index contributed by atoms with van der Waals surface area (Å²) < 4.78 is 0. The molecule has 0 aliphatic rings. The van der Waals surface area contributed by atoms with Crippen molar-refractivity contribution in [1.29, 1.82) is 0 Å². The predicted octanol–water partition coefficient (Wildman–Crippen LogP) is 1.99. The van der Waals surface area contributed by atoms with Gasteiger partial charge in [0.05, 0.1) is 0 Å². The predicted molar refractivity (Wildman–Crippen MR) is 82.0 cm³/mol. The number of anilines is 2. The Morgan fingerprint density at radius 3 is 2.53 bits per heavy atom. The van der Waals surface area contributed by atoms with Crippen LogP contribution in [0.25, 0.3) is 0 Å². The molecule has 0 saturated carbocycles. The highest BCUT2D eigenvalue weighted by atomic mass is 15.2. The van der Waals surface area contributed by atoms with Crippen LogP contribution >= 0.6 is 0 Å². The normalized spacial score (nSPS) is 10.8. The Balaban J connectivity index is 2.65. The van der Waals surface area contributed by atoms with E-state index < -0.39 is 0 Å². The number of hydrogen-bond donors (Lipinski definition) is 1. The van der Waals surface area contributed by atoms with E-state index in [2.05, 4.69) is 53.2 Å². The van der Waals surface area contributed by atoms with Crippen LogP contribution in [-0.2, 0) is 0 Å². The van der Waals surface area contributed by atoms with Crippen molar-refractivity contribution < 1.29 is 0 Å². The van der Waals surface area contributed by atoms with Crippen LogP contribution in [0.5, 0.6) is 0 Å². The fourth-order valence-corrected chi connectivity index (χ4v) is 1.73. The maximum Gasteiger partial charge on any atom is 0.224 e. The Bertz CT molecular complexity index is 378. The van der Waals surface area contributed by atoms with Gasteiger partial charge in [0.15, 0.2) is 0 Å². The molecule has 0 atom stereocenters. The van der Waals surface area contributed by atoms with Crippen LogP contribution in [0.2, 0.25) is 0 Å². The van der Waals surface area contributed by atoms with Gasteiger partial charge in [-0.2, -0.15) is 4.98 Å². The van der Waals surface area contributed by atoms with Crippen molar-refractivity contribution in [3.63, 3.8) is 0 Å². The molecule has 0 unspecified atom stereocenters. The van der Waals surface area contributed by atoms with E-state index in [1.165, 1.54) is 12.8 Å². The third kappa shape index (κ3) is 5.87. The maximum atomic E-state index is 4.57. The van der Waals surface area contributed by atoms with Gasteiger partial charge in [-0.1, -0.05) is 13.3 Å². The van der Waals surface area contributed by atoms with Crippen LogP contribution in [-0.4, -0.2) is 55.6 Å². The molecule has 1 heterocycles. The number of unbranched alkanes of at least 4 members (excludes halogenated alkanes) is 1. The van der Waals surface area contributed by atoms with E-state index in [0.29, 0.717) is 0 Å². The minimum atomic E-state index is 0.722. The topological polar surface area (TPSA) is 44.3 Å². The second kappa shape index (κ2) is 7.94. The largest absolute Gasteiger partial charge is 0.360 e. The van der Waals surface area contributed by atoms with Gasteiger partial charge >= 0.3 is 0 Å². The van der Waals surface area contributed by atoms with Gasteiger partial charge in [0, 0.05) is 38.4 Å². The van der Waals surface area contributed by atoms with Crippen LogP contribution in [0.3, 0.4) is 0 Å². The van der Waals surface area contributed by atoms with Gasteiger partial charge < -0.3 is 15.1 Å². The SMILES string of the molecule is CCCCN(C)c1cc(C)nc(NCCN(C)C)n1. The molecule has 1 N–H and O–H groups in total. The molecule has 1 rings (SSSR count). The van der Waals surface area contributed by atoms with Crippen molar-refractivity contribution in [2.75, 3.05) is 51.0 Å². The first kappa shape index (κ1) is 15.7. The Morgan fingerprint density at radius 2 is 1.89 bits per heavy atom. The minimum Gasteiger partial charge on any atom is -0.360 e. The highest BCUT2D eigenvalue weighted by Crippen LogP contribution is 2.13. The molecule has 0 aromatic carbocycles. The minimum absolute atomic E-state index is 0.722. The standard InChI is InChI=1S/C14H27N5/c1-6-7-9-19(5)13-11-12(2)16-14(17-13)15-8-10-18(3)4/h11H,6-10H2,1-5H3,(H,15,16,17). The zero-order valence-electron chi connectivity index (χ0n) is 12.9. The van der Waals surface area contributed by atoms with Gasteiger partial charge in [-0.15, -0.1) is 0 Å². The lowest BCUT2D eigenvalue weighted by Crippen LogP contribution is -2.23. The van der Waals surface area contributed by atoms with Crippen LogP contribution in [0, 0.1) is 6.92 Å². The van der Waals surface area contributed by atoms with E-state index in [-0.39, 0.29) is 0 Å². The van der Waals surface area contributed by atoms with E-state index in [1.54, 1.807) is 0 Å². The number of nitrogens with one attached hydrogen (secondary N) is 1. The van der Waals surface area contributed by atoms with E-state index in [9.17, 15) is 0 Å². The zero-order valence-corrected chi connectivity index (χ0v) is 12.9. The van der Waals surface area contributed by atoms with Gasteiger partial charge in [-0.3, -0.25) is 0 Å². The first-order chi connectivity index (χ1) is 9.02. The van der Waals surface area contributed by atoms with Gasteiger partial charge in [0.1, 0.15) is 5.82 Å². The fraction of sp³-hybridized carbons (Fsp3) is 0.714. The molecule has 0 aliphatic carbocycles. The summed E-state index contributed by atoms with van der Waals surface area (Å²) in [5.74, 6) is 1.72. The quantitative estimate of drug-likeness (QED) is 0.779. The molecule has 5 heteroatoms. The van der Waals surface area contributed by atoms with Crippen molar-refractivity contribution in [1.82, 2.24) is 14.9 Å². The molecule has 0 saturated heterocycles. The number of aryl methyl sites for hydroxylation is 1. The van der Waals surface area contributed by atoms with E-state index in [1.807, 2.05) is 13.0 Å². The number of likely N-dealkylation sites (N-methyl/N-ethyl adjacent to an activating group) is 1. The van der Waals surface area contributed by atoms with Crippen LogP contribution in [0.15, 0.2) is 6.07 Å². The maximum absolute atomic E-state index is 4.57. The second-order valence-corrected chi connectivity index (χ2v) is 5.20. The molecule has 1 aromatic rings. The average Bonchev–Trinajstić information content (AvgIpc) is 2.34. The van der Waals surface area contributed by atoms with Crippen molar-refractivity contribution in [3.05, 3.63) is 11.8 Å². The highest BCUT2D eigenvalue weighted by Gasteiger charge is 2.06. The molecule has 0 aliphatic heterocycles. The van der Waals surface area contributed by atoms with Crippen LogP contribution < -0.4 is 10.2 Å². The molecule has 0 bridgehead atoms.